The highest BCUT2D eigenvalue weighted by molar-refractivity contribution is 5.85. The summed E-state index contributed by atoms with van der Waals surface area (Å²) in [6.45, 7) is 1.84. The number of carboxylic acids is 2. The number of hydrogen-bond acceptors (Lipinski definition) is 4. The molecule has 2 heterocycles. The van der Waals surface area contributed by atoms with Crippen molar-refractivity contribution in [2.24, 2.45) is 23.7 Å². The van der Waals surface area contributed by atoms with Crippen molar-refractivity contribution in [3.05, 3.63) is 0 Å². The number of hydrogen-bond donors (Lipinski definition) is 4. The number of halogens is 2. The van der Waals surface area contributed by atoms with Gasteiger partial charge in [0, 0.05) is 0 Å². The van der Waals surface area contributed by atoms with Gasteiger partial charge < -0.3 is 20.8 Å². The molecule has 0 spiro atoms. The SMILES string of the molecule is Cl.Cl.O=C(O)[C@@H]1NC[C@H]2C[C@H]21.O=C(O)[C@H]1NC[C@@H]2C[C@@H]21. The molecule has 0 aromatic heterocycles. The minimum absolute atomic E-state index is 0. The lowest BCUT2D eigenvalue weighted by molar-refractivity contribution is -0.140. The molecule has 116 valence electrons. The molecule has 6 nitrogen and oxygen atoms in total. The van der Waals surface area contributed by atoms with E-state index in [0.717, 1.165) is 25.9 Å². The molecule has 6 atom stereocenters. The molecule has 0 unspecified atom stereocenters. The van der Waals surface area contributed by atoms with Crippen molar-refractivity contribution in [2.75, 3.05) is 13.1 Å². The molecule has 4 rings (SSSR count). The summed E-state index contributed by atoms with van der Waals surface area (Å²) in [5.41, 5.74) is 0. The van der Waals surface area contributed by atoms with E-state index in [0.29, 0.717) is 23.7 Å². The maximum atomic E-state index is 10.4. The van der Waals surface area contributed by atoms with Gasteiger partial charge in [0.2, 0.25) is 0 Å². The topological polar surface area (TPSA) is 98.7 Å². The molecule has 8 heteroatoms. The van der Waals surface area contributed by atoms with Crippen LogP contribution in [-0.4, -0.2) is 47.3 Å². The highest BCUT2D eigenvalue weighted by Gasteiger charge is 2.51. The predicted octanol–water partition coefficient (Wildman–Crippen LogP) is 0.201. The lowest BCUT2D eigenvalue weighted by Gasteiger charge is -2.04. The van der Waals surface area contributed by atoms with Crippen LogP contribution < -0.4 is 10.6 Å². The summed E-state index contributed by atoms with van der Waals surface area (Å²) < 4.78 is 0. The van der Waals surface area contributed by atoms with Gasteiger partial charge in [0.25, 0.3) is 0 Å². The van der Waals surface area contributed by atoms with Crippen molar-refractivity contribution in [3.63, 3.8) is 0 Å². The first-order valence-electron chi connectivity index (χ1n) is 6.50. The number of fused-ring (bicyclic) bond motifs is 2. The van der Waals surface area contributed by atoms with Crippen LogP contribution in [0.3, 0.4) is 0 Å². The summed E-state index contributed by atoms with van der Waals surface area (Å²) in [7, 11) is 0. The Labute approximate surface area is 129 Å². The molecular weight excluding hydrogens is 307 g/mol. The van der Waals surface area contributed by atoms with E-state index in [1.807, 2.05) is 0 Å². The van der Waals surface area contributed by atoms with Crippen LogP contribution in [0.4, 0.5) is 0 Å². The Morgan fingerprint density at radius 3 is 1.25 bits per heavy atom. The van der Waals surface area contributed by atoms with E-state index >= 15 is 0 Å². The van der Waals surface area contributed by atoms with Crippen LogP contribution in [0.15, 0.2) is 0 Å². The fourth-order valence-corrected chi connectivity index (χ4v) is 3.23. The smallest absolute Gasteiger partial charge is 0.320 e. The Kier molecular flexibility index (Phi) is 5.66. The Hall–Kier alpha value is -0.560. The van der Waals surface area contributed by atoms with Gasteiger partial charge in [-0.05, 0) is 49.6 Å². The third kappa shape index (κ3) is 3.36. The van der Waals surface area contributed by atoms with Crippen LogP contribution in [0.1, 0.15) is 12.8 Å². The van der Waals surface area contributed by atoms with Gasteiger partial charge in [-0.1, -0.05) is 0 Å². The number of rotatable bonds is 2. The summed E-state index contributed by atoms with van der Waals surface area (Å²) in [5.74, 6) is 0.933. The van der Waals surface area contributed by atoms with Crippen LogP contribution in [0.5, 0.6) is 0 Å². The van der Waals surface area contributed by atoms with Crippen molar-refractivity contribution < 1.29 is 19.8 Å². The maximum Gasteiger partial charge on any atom is 0.320 e. The molecule has 0 amide bonds. The Bertz CT molecular complexity index is 360. The third-order valence-electron chi connectivity index (χ3n) is 4.54. The van der Waals surface area contributed by atoms with E-state index in [4.69, 9.17) is 10.2 Å². The molecule has 0 aromatic rings. The fraction of sp³-hybridized carbons (Fsp3) is 0.833. The molecule has 4 fully saturated rings. The fourth-order valence-electron chi connectivity index (χ4n) is 3.23. The lowest BCUT2D eigenvalue weighted by atomic mass is 10.2. The summed E-state index contributed by atoms with van der Waals surface area (Å²) in [4.78, 5) is 20.8. The van der Waals surface area contributed by atoms with E-state index in [1.165, 1.54) is 0 Å². The van der Waals surface area contributed by atoms with Crippen molar-refractivity contribution in [3.8, 4) is 0 Å². The molecule has 0 bridgehead atoms. The van der Waals surface area contributed by atoms with E-state index in [2.05, 4.69) is 10.6 Å². The Morgan fingerprint density at radius 2 is 1.15 bits per heavy atom. The normalized spacial score (nSPS) is 41.8. The van der Waals surface area contributed by atoms with Gasteiger partial charge >= 0.3 is 11.9 Å². The first kappa shape index (κ1) is 17.5. The number of nitrogens with one attached hydrogen (secondary N) is 2. The maximum absolute atomic E-state index is 10.4. The second kappa shape index (κ2) is 6.47. The number of aliphatic carboxylic acids is 2. The molecule has 0 aromatic carbocycles. The second-order valence-corrected chi connectivity index (χ2v) is 5.77. The molecule has 2 saturated heterocycles. The van der Waals surface area contributed by atoms with Crippen molar-refractivity contribution >= 4 is 36.8 Å². The number of piperidine rings is 2. The standard InChI is InChI=1S/2C6H9NO2.2ClH/c2*8-6(9)5-4-1-3(4)2-7-5;;/h2*3-5,7H,1-2H2,(H,8,9);2*1H/t2*3-,4-,5-;;/m10../s1. The minimum Gasteiger partial charge on any atom is -0.480 e. The number of carbonyl (C=O) groups is 2. The largest absolute Gasteiger partial charge is 0.480 e. The molecule has 20 heavy (non-hydrogen) atoms. The summed E-state index contributed by atoms with van der Waals surface area (Å²) in [6.07, 6.45) is 2.26. The molecule has 0 radical (unpaired) electrons. The molecule has 2 saturated carbocycles. The van der Waals surface area contributed by atoms with Crippen molar-refractivity contribution in [1.29, 1.82) is 0 Å². The minimum atomic E-state index is -0.681. The summed E-state index contributed by atoms with van der Waals surface area (Å²) in [6, 6.07) is -0.454. The van der Waals surface area contributed by atoms with Crippen molar-refractivity contribution in [1.82, 2.24) is 10.6 Å². The van der Waals surface area contributed by atoms with Gasteiger partial charge in [0.1, 0.15) is 12.1 Å². The summed E-state index contributed by atoms with van der Waals surface area (Å²) in [5, 5.41) is 23.0. The highest BCUT2D eigenvalue weighted by atomic mass is 35.5. The van der Waals surface area contributed by atoms with Gasteiger partial charge in [-0.2, -0.15) is 0 Å². The average Bonchev–Trinajstić information content (AvgIpc) is 3.19. The Morgan fingerprint density at radius 1 is 0.800 bits per heavy atom. The zero-order valence-electron chi connectivity index (χ0n) is 10.8. The van der Waals surface area contributed by atoms with Crippen LogP contribution in [-0.2, 0) is 9.59 Å². The van der Waals surface area contributed by atoms with Crippen molar-refractivity contribution in [2.45, 2.75) is 24.9 Å². The highest BCUT2D eigenvalue weighted by Crippen LogP contribution is 2.45. The van der Waals surface area contributed by atoms with Crippen LogP contribution in [0.25, 0.3) is 0 Å². The van der Waals surface area contributed by atoms with Gasteiger partial charge in [-0.3, -0.25) is 9.59 Å². The zero-order valence-corrected chi connectivity index (χ0v) is 12.5. The van der Waals surface area contributed by atoms with Gasteiger partial charge in [0.05, 0.1) is 0 Å². The monoisotopic (exact) mass is 326 g/mol. The predicted molar refractivity (Wildman–Crippen MR) is 76.5 cm³/mol. The lowest BCUT2D eigenvalue weighted by Crippen LogP contribution is -2.34. The molecule has 2 aliphatic heterocycles. The van der Waals surface area contributed by atoms with Gasteiger partial charge in [-0.25, -0.2) is 0 Å². The molecular formula is C12H20Cl2N2O4. The molecule has 4 N–H and O–H groups in total. The van der Waals surface area contributed by atoms with E-state index in [-0.39, 0.29) is 36.9 Å². The third-order valence-corrected chi connectivity index (χ3v) is 4.54. The molecule has 2 aliphatic carbocycles. The zero-order chi connectivity index (χ0) is 12.9. The average molecular weight is 327 g/mol. The molecule has 4 aliphatic rings. The first-order valence-corrected chi connectivity index (χ1v) is 6.50. The first-order chi connectivity index (χ1) is 8.58. The quantitative estimate of drug-likeness (QED) is 0.578. The van der Waals surface area contributed by atoms with Crippen LogP contribution in [0, 0.1) is 23.7 Å². The van der Waals surface area contributed by atoms with Gasteiger partial charge in [-0.15, -0.1) is 24.8 Å². The van der Waals surface area contributed by atoms with E-state index < -0.39 is 11.9 Å². The second-order valence-electron chi connectivity index (χ2n) is 5.77. The summed E-state index contributed by atoms with van der Waals surface area (Å²) >= 11 is 0. The van der Waals surface area contributed by atoms with E-state index in [9.17, 15) is 9.59 Å². The van der Waals surface area contributed by atoms with Gasteiger partial charge in [0.15, 0.2) is 0 Å². The Balaban J connectivity index is 0.000000182. The van der Waals surface area contributed by atoms with E-state index in [1.54, 1.807) is 0 Å². The van der Waals surface area contributed by atoms with Crippen LogP contribution in [0.2, 0.25) is 0 Å². The number of carboxylic acid groups (broad SMARTS) is 2. The van der Waals surface area contributed by atoms with Crippen LogP contribution >= 0.6 is 24.8 Å².